The Morgan fingerprint density at radius 1 is 1.06 bits per heavy atom. The van der Waals surface area contributed by atoms with Crippen LogP contribution in [-0.4, -0.2) is 19.8 Å². The number of rotatable bonds is 2. The van der Waals surface area contributed by atoms with Gasteiger partial charge in [-0.2, -0.15) is 0 Å². The molecule has 2 aromatic rings. The van der Waals surface area contributed by atoms with Crippen LogP contribution in [0.3, 0.4) is 0 Å². The number of hydrogen-bond donors (Lipinski definition) is 2. The molecule has 2 rings (SSSR count). The first-order valence-electron chi connectivity index (χ1n) is 5.48. The molecule has 0 saturated heterocycles. The highest BCUT2D eigenvalue weighted by molar-refractivity contribution is 5.56. The molecule has 0 saturated carbocycles. The standard InChI is InChI=1S/C13H16N2O2/c1-8-9(2)13(17)11(10(3)12(8)16)6-15-5-4-14-7-15/h4-5,7,16-17H,6H2,1-3H3. The molecule has 0 bridgehead atoms. The van der Waals surface area contributed by atoms with Gasteiger partial charge in [-0.15, -0.1) is 0 Å². The fraction of sp³-hybridized carbons (Fsp3) is 0.308. The first kappa shape index (κ1) is 11.5. The van der Waals surface area contributed by atoms with Gasteiger partial charge >= 0.3 is 0 Å². The summed E-state index contributed by atoms with van der Waals surface area (Å²) in [5, 5.41) is 20.1. The monoisotopic (exact) mass is 232 g/mol. The molecule has 2 N–H and O–H groups in total. The summed E-state index contributed by atoms with van der Waals surface area (Å²) in [6.45, 7) is 5.93. The van der Waals surface area contributed by atoms with E-state index in [-0.39, 0.29) is 11.5 Å². The van der Waals surface area contributed by atoms with Crippen molar-refractivity contribution in [2.75, 3.05) is 0 Å². The summed E-state index contributed by atoms with van der Waals surface area (Å²) in [7, 11) is 0. The number of hydrogen-bond acceptors (Lipinski definition) is 3. The number of aromatic hydroxyl groups is 2. The minimum Gasteiger partial charge on any atom is -0.507 e. The van der Waals surface area contributed by atoms with E-state index in [0.717, 1.165) is 22.3 Å². The molecule has 90 valence electrons. The molecule has 0 unspecified atom stereocenters. The first-order chi connectivity index (χ1) is 8.02. The molecule has 1 aromatic carbocycles. The Morgan fingerprint density at radius 3 is 2.29 bits per heavy atom. The third-order valence-corrected chi connectivity index (χ3v) is 3.27. The summed E-state index contributed by atoms with van der Waals surface area (Å²) < 4.78 is 1.86. The van der Waals surface area contributed by atoms with Crippen LogP contribution in [0.25, 0.3) is 0 Å². The number of nitrogens with zero attached hydrogens (tertiary/aromatic N) is 2. The van der Waals surface area contributed by atoms with Crippen molar-refractivity contribution in [2.45, 2.75) is 27.3 Å². The Balaban J connectivity index is 2.54. The molecular weight excluding hydrogens is 216 g/mol. The summed E-state index contributed by atoms with van der Waals surface area (Å²) in [6.07, 6.45) is 5.20. The molecule has 0 fully saturated rings. The van der Waals surface area contributed by atoms with E-state index in [1.165, 1.54) is 0 Å². The second kappa shape index (κ2) is 4.13. The number of imidazole rings is 1. The lowest BCUT2D eigenvalue weighted by molar-refractivity contribution is 0.441. The van der Waals surface area contributed by atoms with E-state index >= 15 is 0 Å². The predicted molar refractivity (Wildman–Crippen MR) is 65.3 cm³/mol. The van der Waals surface area contributed by atoms with Gasteiger partial charge in [0.05, 0.1) is 12.9 Å². The summed E-state index contributed by atoms with van der Waals surface area (Å²) >= 11 is 0. The number of phenols is 2. The van der Waals surface area contributed by atoms with Gasteiger partial charge in [-0.25, -0.2) is 4.98 Å². The van der Waals surface area contributed by atoms with Gasteiger partial charge in [-0.3, -0.25) is 0 Å². The topological polar surface area (TPSA) is 58.3 Å². The van der Waals surface area contributed by atoms with E-state index in [2.05, 4.69) is 4.98 Å². The Kier molecular flexibility index (Phi) is 2.79. The SMILES string of the molecule is Cc1c(C)c(O)c(Cn2ccnc2)c(C)c1O. The molecule has 0 amide bonds. The lowest BCUT2D eigenvalue weighted by Crippen LogP contribution is -2.02. The van der Waals surface area contributed by atoms with Gasteiger partial charge in [-0.05, 0) is 37.5 Å². The number of benzene rings is 1. The highest BCUT2D eigenvalue weighted by Gasteiger charge is 2.16. The van der Waals surface area contributed by atoms with E-state index < -0.39 is 0 Å². The second-order valence-electron chi connectivity index (χ2n) is 4.29. The number of aromatic nitrogens is 2. The molecule has 0 atom stereocenters. The van der Waals surface area contributed by atoms with Crippen molar-refractivity contribution in [1.82, 2.24) is 9.55 Å². The van der Waals surface area contributed by atoms with Crippen molar-refractivity contribution in [2.24, 2.45) is 0 Å². The van der Waals surface area contributed by atoms with Crippen molar-refractivity contribution in [3.63, 3.8) is 0 Å². The lowest BCUT2D eigenvalue weighted by atomic mass is 9.97. The molecule has 4 heteroatoms. The van der Waals surface area contributed by atoms with Crippen LogP contribution in [0.5, 0.6) is 11.5 Å². The van der Waals surface area contributed by atoms with E-state index in [0.29, 0.717) is 6.54 Å². The van der Waals surface area contributed by atoms with Crippen LogP contribution in [0.2, 0.25) is 0 Å². The largest absolute Gasteiger partial charge is 0.507 e. The van der Waals surface area contributed by atoms with Gasteiger partial charge in [0.1, 0.15) is 11.5 Å². The second-order valence-corrected chi connectivity index (χ2v) is 4.29. The van der Waals surface area contributed by atoms with Crippen molar-refractivity contribution in [3.8, 4) is 11.5 Å². The summed E-state index contributed by atoms with van der Waals surface area (Å²) in [5.41, 5.74) is 2.92. The normalized spacial score (nSPS) is 10.8. The zero-order valence-corrected chi connectivity index (χ0v) is 10.2. The van der Waals surface area contributed by atoms with Crippen molar-refractivity contribution < 1.29 is 10.2 Å². The minimum atomic E-state index is 0.256. The van der Waals surface area contributed by atoms with Crippen molar-refractivity contribution in [1.29, 1.82) is 0 Å². The predicted octanol–water partition coefficient (Wildman–Crippen LogP) is 2.27. The molecule has 17 heavy (non-hydrogen) atoms. The maximum Gasteiger partial charge on any atom is 0.124 e. The highest BCUT2D eigenvalue weighted by Crippen LogP contribution is 2.36. The van der Waals surface area contributed by atoms with Crippen LogP contribution in [0.15, 0.2) is 18.7 Å². The van der Waals surface area contributed by atoms with Gasteiger partial charge in [0.25, 0.3) is 0 Å². The molecule has 0 aliphatic heterocycles. The van der Waals surface area contributed by atoms with E-state index in [4.69, 9.17) is 0 Å². The number of phenolic OH excluding ortho intramolecular Hbond substituents is 2. The fourth-order valence-electron chi connectivity index (χ4n) is 1.94. The third-order valence-electron chi connectivity index (χ3n) is 3.27. The van der Waals surface area contributed by atoms with Crippen LogP contribution in [0, 0.1) is 20.8 Å². The Labute approximate surface area is 100 Å². The van der Waals surface area contributed by atoms with Crippen LogP contribution < -0.4 is 0 Å². The van der Waals surface area contributed by atoms with Crippen LogP contribution in [0.4, 0.5) is 0 Å². The van der Waals surface area contributed by atoms with Crippen LogP contribution >= 0.6 is 0 Å². The maximum atomic E-state index is 10.1. The molecule has 1 aromatic heterocycles. The molecule has 0 radical (unpaired) electrons. The minimum absolute atomic E-state index is 0.256. The zero-order valence-electron chi connectivity index (χ0n) is 10.2. The summed E-state index contributed by atoms with van der Waals surface area (Å²) in [4.78, 5) is 3.96. The Hall–Kier alpha value is -1.97. The average molecular weight is 232 g/mol. The zero-order chi connectivity index (χ0) is 12.6. The third kappa shape index (κ3) is 1.86. The molecule has 0 aliphatic carbocycles. The maximum absolute atomic E-state index is 10.1. The smallest absolute Gasteiger partial charge is 0.124 e. The Bertz CT molecular complexity index is 516. The molecule has 4 nitrogen and oxygen atoms in total. The van der Waals surface area contributed by atoms with Gasteiger partial charge in [0, 0.05) is 18.0 Å². The molecule has 1 heterocycles. The fourth-order valence-corrected chi connectivity index (χ4v) is 1.94. The highest BCUT2D eigenvalue weighted by atomic mass is 16.3. The van der Waals surface area contributed by atoms with Gasteiger partial charge in [0.2, 0.25) is 0 Å². The molecular formula is C13H16N2O2. The van der Waals surface area contributed by atoms with E-state index in [9.17, 15) is 10.2 Å². The first-order valence-corrected chi connectivity index (χ1v) is 5.48. The van der Waals surface area contributed by atoms with E-state index in [1.807, 2.05) is 17.7 Å². The van der Waals surface area contributed by atoms with Crippen LogP contribution in [-0.2, 0) is 6.54 Å². The summed E-state index contributed by atoms with van der Waals surface area (Å²) in [5.74, 6) is 0.516. The lowest BCUT2D eigenvalue weighted by Gasteiger charge is -2.16. The van der Waals surface area contributed by atoms with Crippen molar-refractivity contribution >= 4 is 0 Å². The Morgan fingerprint density at radius 2 is 1.71 bits per heavy atom. The average Bonchev–Trinajstić information content (AvgIpc) is 2.82. The quantitative estimate of drug-likeness (QED) is 0.781. The van der Waals surface area contributed by atoms with Crippen molar-refractivity contribution in [3.05, 3.63) is 41.0 Å². The van der Waals surface area contributed by atoms with Crippen LogP contribution in [0.1, 0.15) is 22.3 Å². The van der Waals surface area contributed by atoms with E-state index in [1.54, 1.807) is 26.4 Å². The molecule has 0 aliphatic rings. The van der Waals surface area contributed by atoms with Gasteiger partial charge < -0.3 is 14.8 Å². The van der Waals surface area contributed by atoms with Gasteiger partial charge in [-0.1, -0.05) is 0 Å². The van der Waals surface area contributed by atoms with Gasteiger partial charge in [0.15, 0.2) is 0 Å². The molecule has 0 spiro atoms. The summed E-state index contributed by atoms with van der Waals surface area (Å²) in [6, 6.07) is 0.